The quantitative estimate of drug-likeness (QED) is 0.441. The molecule has 11 heavy (non-hydrogen) atoms. The Labute approximate surface area is 65.1 Å². The van der Waals surface area contributed by atoms with Gasteiger partial charge >= 0.3 is 5.97 Å². The van der Waals surface area contributed by atoms with Crippen LogP contribution in [0.25, 0.3) is 0 Å². The number of carboxylic acid groups (broad SMARTS) is 1. The molecule has 0 atom stereocenters. The molecule has 0 saturated heterocycles. The van der Waals surface area contributed by atoms with Gasteiger partial charge in [-0.25, -0.2) is 4.79 Å². The molecule has 0 unspecified atom stereocenters. The molecule has 66 valence electrons. The van der Waals surface area contributed by atoms with E-state index in [0.717, 1.165) is 6.54 Å². The minimum Gasteiger partial charge on any atom is -0.480 e. The molecule has 0 bridgehead atoms. The van der Waals surface area contributed by atoms with Crippen molar-refractivity contribution in [2.75, 3.05) is 33.0 Å². The minimum absolute atomic E-state index is 0.256. The summed E-state index contributed by atoms with van der Waals surface area (Å²) >= 11 is 0. The lowest BCUT2D eigenvalue weighted by Crippen LogP contribution is -2.52. The van der Waals surface area contributed by atoms with Gasteiger partial charge in [-0.3, -0.25) is 0 Å². The summed E-state index contributed by atoms with van der Waals surface area (Å²) in [6.07, 6.45) is 0. The fourth-order valence-corrected chi connectivity index (χ4v) is 0.481. The molecule has 0 spiro atoms. The Balaban J connectivity index is 2.85. The van der Waals surface area contributed by atoms with Crippen LogP contribution >= 0.6 is 0 Å². The maximum atomic E-state index is 9.91. The maximum Gasteiger partial charge on any atom is 0.329 e. The molecule has 0 aliphatic rings. The number of aliphatic carboxylic acids is 1. The van der Waals surface area contributed by atoms with Gasteiger partial charge in [0, 0.05) is 0 Å². The van der Waals surface area contributed by atoms with Crippen LogP contribution < -0.4 is 5.73 Å². The van der Waals surface area contributed by atoms with Crippen molar-refractivity contribution in [1.29, 1.82) is 0 Å². The molecule has 5 nitrogen and oxygen atoms in total. The van der Waals surface area contributed by atoms with Crippen LogP contribution in [0.1, 0.15) is 0 Å². The second-order valence-corrected chi connectivity index (χ2v) is 1.91. The number of rotatable bonds is 7. The summed E-state index contributed by atoms with van der Waals surface area (Å²) in [4.78, 5) is 9.91. The average molecular weight is 164 g/mol. The van der Waals surface area contributed by atoms with Crippen LogP contribution in [0.3, 0.4) is 0 Å². The second-order valence-electron chi connectivity index (χ2n) is 1.91. The highest BCUT2D eigenvalue weighted by molar-refractivity contribution is 5.67. The Morgan fingerprint density at radius 2 is 1.91 bits per heavy atom. The van der Waals surface area contributed by atoms with E-state index in [1.807, 2.05) is 0 Å². The standard InChI is InChI=1S/C6H13NO4/c7-1-2-10-3-4-11-5-6(8)9/h1-5,7H2,(H,8,9)/p+1. The summed E-state index contributed by atoms with van der Waals surface area (Å²) in [6.45, 7) is 1.82. The van der Waals surface area contributed by atoms with Gasteiger partial charge < -0.3 is 20.3 Å². The molecular weight excluding hydrogens is 150 g/mol. The normalized spacial score (nSPS) is 9.91. The van der Waals surface area contributed by atoms with Crippen molar-refractivity contribution in [2.24, 2.45) is 0 Å². The smallest absolute Gasteiger partial charge is 0.329 e. The summed E-state index contributed by atoms with van der Waals surface area (Å²) in [5, 5.41) is 8.14. The summed E-state index contributed by atoms with van der Waals surface area (Å²) in [7, 11) is 0. The Kier molecular flexibility index (Phi) is 7.02. The van der Waals surface area contributed by atoms with Gasteiger partial charge in [0.2, 0.25) is 0 Å². The SMILES string of the molecule is [NH3+]CCOCCOCC(=O)O. The molecule has 0 heterocycles. The summed E-state index contributed by atoms with van der Waals surface area (Å²) in [5.74, 6) is -0.956. The molecule has 0 aromatic carbocycles. The molecule has 0 saturated carbocycles. The highest BCUT2D eigenvalue weighted by Gasteiger charge is 1.94. The van der Waals surface area contributed by atoms with Crippen molar-refractivity contribution in [3.63, 3.8) is 0 Å². The number of hydrogen-bond donors (Lipinski definition) is 2. The molecule has 5 heteroatoms. The fourth-order valence-electron chi connectivity index (χ4n) is 0.481. The zero-order chi connectivity index (χ0) is 8.53. The molecule has 4 N–H and O–H groups in total. The summed E-state index contributed by atoms with van der Waals surface area (Å²) < 4.78 is 9.68. The molecule has 0 radical (unpaired) electrons. The predicted octanol–water partition coefficient (Wildman–Crippen LogP) is -1.65. The van der Waals surface area contributed by atoms with Crippen molar-refractivity contribution in [3.05, 3.63) is 0 Å². The van der Waals surface area contributed by atoms with Crippen LogP contribution in [0.5, 0.6) is 0 Å². The van der Waals surface area contributed by atoms with Crippen LogP contribution in [-0.2, 0) is 14.3 Å². The second kappa shape index (κ2) is 7.46. The van der Waals surface area contributed by atoms with E-state index in [-0.39, 0.29) is 6.61 Å². The van der Waals surface area contributed by atoms with Gasteiger partial charge in [0.05, 0.1) is 26.4 Å². The number of quaternary nitrogens is 1. The van der Waals surface area contributed by atoms with Crippen LogP contribution in [-0.4, -0.2) is 44.0 Å². The Morgan fingerprint density at radius 3 is 2.45 bits per heavy atom. The average Bonchev–Trinajstić information content (AvgIpc) is 1.96. The fraction of sp³-hybridized carbons (Fsp3) is 0.833. The molecule has 0 aromatic rings. The first-order valence-electron chi connectivity index (χ1n) is 3.44. The van der Waals surface area contributed by atoms with Crippen LogP contribution in [0.4, 0.5) is 0 Å². The van der Waals surface area contributed by atoms with Crippen molar-refractivity contribution in [3.8, 4) is 0 Å². The first-order chi connectivity index (χ1) is 5.27. The van der Waals surface area contributed by atoms with Crippen molar-refractivity contribution in [2.45, 2.75) is 0 Å². The Hall–Kier alpha value is -0.650. The molecule has 0 aliphatic heterocycles. The third-order valence-corrected chi connectivity index (χ3v) is 0.886. The topological polar surface area (TPSA) is 83.4 Å². The third-order valence-electron chi connectivity index (χ3n) is 0.886. The first kappa shape index (κ1) is 10.3. The number of ether oxygens (including phenoxy) is 2. The highest BCUT2D eigenvalue weighted by Crippen LogP contribution is 1.77. The zero-order valence-electron chi connectivity index (χ0n) is 6.41. The van der Waals surface area contributed by atoms with Crippen molar-refractivity contribution >= 4 is 5.97 Å². The van der Waals surface area contributed by atoms with Gasteiger partial charge in [0.1, 0.15) is 6.61 Å². The zero-order valence-corrected chi connectivity index (χ0v) is 6.41. The van der Waals surface area contributed by atoms with E-state index in [4.69, 9.17) is 14.6 Å². The van der Waals surface area contributed by atoms with Gasteiger partial charge in [0.15, 0.2) is 0 Å². The van der Waals surface area contributed by atoms with Crippen molar-refractivity contribution < 1.29 is 25.1 Å². The van der Waals surface area contributed by atoms with Crippen LogP contribution in [0, 0.1) is 0 Å². The highest BCUT2D eigenvalue weighted by atomic mass is 16.5. The summed E-state index contributed by atoms with van der Waals surface area (Å²) in [6, 6.07) is 0. The number of hydrogen-bond acceptors (Lipinski definition) is 3. The van der Waals surface area contributed by atoms with Crippen molar-refractivity contribution in [1.82, 2.24) is 0 Å². The van der Waals surface area contributed by atoms with E-state index in [2.05, 4.69) is 5.73 Å². The monoisotopic (exact) mass is 164 g/mol. The van der Waals surface area contributed by atoms with Gasteiger partial charge in [0.25, 0.3) is 0 Å². The Bertz CT molecular complexity index is 107. The number of carboxylic acids is 1. The van der Waals surface area contributed by atoms with E-state index >= 15 is 0 Å². The van der Waals surface area contributed by atoms with E-state index in [9.17, 15) is 4.79 Å². The largest absolute Gasteiger partial charge is 0.480 e. The lowest BCUT2D eigenvalue weighted by molar-refractivity contribution is -0.374. The van der Waals surface area contributed by atoms with Gasteiger partial charge in [-0.2, -0.15) is 0 Å². The number of carbonyl (C=O) groups is 1. The van der Waals surface area contributed by atoms with E-state index < -0.39 is 5.97 Å². The van der Waals surface area contributed by atoms with Gasteiger partial charge in [-0.05, 0) is 0 Å². The molecule has 0 fully saturated rings. The van der Waals surface area contributed by atoms with E-state index in [1.165, 1.54) is 0 Å². The minimum atomic E-state index is -0.956. The molecule has 0 amide bonds. The Morgan fingerprint density at radius 1 is 1.27 bits per heavy atom. The lowest BCUT2D eigenvalue weighted by Gasteiger charge is -2.00. The van der Waals surface area contributed by atoms with Crippen LogP contribution in [0.15, 0.2) is 0 Å². The van der Waals surface area contributed by atoms with Gasteiger partial charge in [-0.15, -0.1) is 0 Å². The third kappa shape index (κ3) is 9.35. The van der Waals surface area contributed by atoms with E-state index in [0.29, 0.717) is 19.8 Å². The van der Waals surface area contributed by atoms with Crippen LogP contribution in [0.2, 0.25) is 0 Å². The van der Waals surface area contributed by atoms with E-state index in [1.54, 1.807) is 0 Å². The molecule has 0 aliphatic carbocycles. The molecule has 0 aromatic heterocycles. The van der Waals surface area contributed by atoms with Gasteiger partial charge in [-0.1, -0.05) is 0 Å². The summed E-state index contributed by atoms with van der Waals surface area (Å²) in [5.41, 5.74) is 3.57. The lowest BCUT2D eigenvalue weighted by atomic mass is 10.7. The predicted molar refractivity (Wildman–Crippen MR) is 37.0 cm³/mol. The first-order valence-corrected chi connectivity index (χ1v) is 3.44. The molecule has 0 rings (SSSR count). The molecular formula is C6H14NO4+. The maximum absolute atomic E-state index is 9.91.